The summed E-state index contributed by atoms with van der Waals surface area (Å²) < 4.78 is 14.3. The van der Waals surface area contributed by atoms with E-state index >= 15 is 0 Å². The molecule has 0 aromatic rings. The molecule has 0 rings (SSSR count). The van der Waals surface area contributed by atoms with Crippen LogP contribution in [0.15, 0.2) is 12.2 Å². The number of allylic oxidation sites excluding steroid dienone is 1. The third-order valence-electron chi connectivity index (χ3n) is 3.38. The third kappa shape index (κ3) is 11.2. The second-order valence-electron chi connectivity index (χ2n) is 5.25. The van der Waals surface area contributed by atoms with E-state index in [2.05, 4.69) is 16.4 Å². The number of methoxy groups -OCH3 is 2. The van der Waals surface area contributed by atoms with Gasteiger partial charge in [-0.1, -0.05) is 62.8 Å². The van der Waals surface area contributed by atoms with Crippen LogP contribution >= 0.6 is 11.6 Å². The van der Waals surface area contributed by atoms with E-state index in [0.717, 1.165) is 12.8 Å². The fourth-order valence-electron chi connectivity index (χ4n) is 2.01. The molecule has 0 aliphatic carbocycles. The van der Waals surface area contributed by atoms with E-state index in [1.165, 1.54) is 46.3 Å². The zero-order valence-corrected chi connectivity index (χ0v) is 15.1. The molecule has 0 aromatic carbocycles. The van der Waals surface area contributed by atoms with Crippen LogP contribution in [0.2, 0.25) is 0 Å². The van der Waals surface area contributed by atoms with Crippen LogP contribution in [0.1, 0.15) is 58.3 Å². The Hall–Kier alpha value is -1.07. The molecule has 0 amide bonds. The minimum Gasteiger partial charge on any atom is -0.467 e. The molecule has 2 unspecified atom stereocenters. The zero-order valence-electron chi connectivity index (χ0n) is 14.4. The highest BCUT2D eigenvalue weighted by atomic mass is 35.5. The molecule has 0 saturated heterocycles. The number of esters is 2. The summed E-state index contributed by atoms with van der Waals surface area (Å²) in [6.07, 6.45) is 11.7. The van der Waals surface area contributed by atoms with Gasteiger partial charge in [0.2, 0.25) is 5.56 Å². The van der Waals surface area contributed by atoms with Gasteiger partial charge in [0.25, 0.3) is 0 Å². The molecule has 0 aromatic heterocycles. The van der Waals surface area contributed by atoms with Crippen molar-refractivity contribution in [2.24, 2.45) is 0 Å². The second kappa shape index (κ2) is 14.5. The number of carbonyl (C=O) groups is 2. The molecule has 134 valence electrons. The topological polar surface area (TPSA) is 61.8 Å². The first-order valence-electron chi connectivity index (χ1n) is 8.17. The van der Waals surface area contributed by atoms with Gasteiger partial charge in [0.15, 0.2) is 6.10 Å². The Labute approximate surface area is 144 Å². The summed E-state index contributed by atoms with van der Waals surface area (Å²) in [5.41, 5.74) is -1.32. The standard InChI is InChI=1S/C17H29ClO5/c1-4-5-6-7-8-9-10-11-12-13-14(16(19)21-2)23-15(18)17(20)22-3/h11-12,14-15H,4-10,13H2,1-3H3/b12-11+. The summed E-state index contributed by atoms with van der Waals surface area (Å²) in [4.78, 5) is 22.9. The molecule has 0 aliphatic rings. The zero-order chi connectivity index (χ0) is 17.5. The number of alkyl halides is 1. The van der Waals surface area contributed by atoms with Crippen molar-refractivity contribution in [2.75, 3.05) is 14.2 Å². The number of halogens is 1. The highest BCUT2D eigenvalue weighted by Crippen LogP contribution is 2.12. The fraction of sp³-hybridized carbons (Fsp3) is 0.765. The van der Waals surface area contributed by atoms with Gasteiger partial charge in [0, 0.05) is 6.42 Å². The van der Waals surface area contributed by atoms with Gasteiger partial charge in [-0.3, -0.25) is 0 Å². The smallest absolute Gasteiger partial charge is 0.350 e. The molecule has 2 atom stereocenters. The van der Waals surface area contributed by atoms with Crippen LogP contribution in [0.4, 0.5) is 0 Å². The molecule has 0 saturated carbocycles. The van der Waals surface area contributed by atoms with Gasteiger partial charge >= 0.3 is 11.9 Å². The lowest BCUT2D eigenvalue weighted by Crippen LogP contribution is -2.32. The number of hydrogen-bond acceptors (Lipinski definition) is 5. The number of ether oxygens (including phenoxy) is 3. The first-order chi connectivity index (χ1) is 11.1. The summed E-state index contributed by atoms with van der Waals surface area (Å²) in [5.74, 6) is -1.31. The van der Waals surface area contributed by atoms with Gasteiger partial charge < -0.3 is 14.2 Å². The van der Waals surface area contributed by atoms with Crippen LogP contribution in [0.25, 0.3) is 0 Å². The van der Waals surface area contributed by atoms with Gasteiger partial charge in [-0.15, -0.1) is 0 Å². The molecule has 23 heavy (non-hydrogen) atoms. The molecular weight excluding hydrogens is 320 g/mol. The van der Waals surface area contributed by atoms with Crippen molar-refractivity contribution in [3.63, 3.8) is 0 Å². The van der Waals surface area contributed by atoms with Gasteiger partial charge in [-0.25, -0.2) is 9.59 Å². The van der Waals surface area contributed by atoms with Gasteiger partial charge in [-0.2, -0.15) is 0 Å². The Balaban J connectivity index is 4.07. The van der Waals surface area contributed by atoms with E-state index in [0.29, 0.717) is 6.42 Å². The predicted octanol–water partition coefficient (Wildman–Crippen LogP) is 3.98. The van der Waals surface area contributed by atoms with Crippen LogP contribution in [-0.4, -0.2) is 37.8 Å². The lowest BCUT2D eigenvalue weighted by molar-refractivity contribution is -0.163. The maximum absolute atomic E-state index is 11.6. The molecule has 0 radical (unpaired) electrons. The van der Waals surface area contributed by atoms with Crippen molar-refractivity contribution in [2.45, 2.75) is 70.0 Å². The summed E-state index contributed by atoms with van der Waals surface area (Å²) in [6, 6.07) is 0. The van der Waals surface area contributed by atoms with E-state index in [4.69, 9.17) is 16.3 Å². The Morgan fingerprint density at radius 2 is 1.57 bits per heavy atom. The summed E-state index contributed by atoms with van der Waals surface area (Å²) >= 11 is 5.72. The Morgan fingerprint density at radius 3 is 2.17 bits per heavy atom. The number of carbonyl (C=O) groups excluding carboxylic acids is 2. The molecule has 0 aliphatic heterocycles. The number of rotatable bonds is 13. The number of unbranched alkanes of at least 4 members (excludes halogenated alkanes) is 6. The first kappa shape index (κ1) is 21.9. The molecule has 6 heteroatoms. The van der Waals surface area contributed by atoms with Crippen molar-refractivity contribution >= 4 is 23.5 Å². The molecule has 0 fully saturated rings. The maximum Gasteiger partial charge on any atom is 0.350 e. The molecule has 5 nitrogen and oxygen atoms in total. The van der Waals surface area contributed by atoms with Crippen molar-refractivity contribution in [1.82, 2.24) is 0 Å². The lowest BCUT2D eigenvalue weighted by atomic mass is 10.1. The van der Waals surface area contributed by atoms with Crippen molar-refractivity contribution < 1.29 is 23.8 Å². The Morgan fingerprint density at radius 1 is 0.957 bits per heavy atom. The van der Waals surface area contributed by atoms with Crippen molar-refractivity contribution in [3.8, 4) is 0 Å². The Kier molecular flexibility index (Phi) is 13.8. The Bertz CT molecular complexity index is 357. The van der Waals surface area contributed by atoms with E-state index in [9.17, 15) is 9.59 Å². The quantitative estimate of drug-likeness (QED) is 0.218. The summed E-state index contributed by atoms with van der Waals surface area (Å²) in [7, 11) is 2.47. The average molecular weight is 349 g/mol. The fourth-order valence-corrected chi connectivity index (χ4v) is 2.22. The number of hydrogen-bond donors (Lipinski definition) is 0. The molecule has 0 spiro atoms. The van der Waals surface area contributed by atoms with E-state index in [1.807, 2.05) is 12.2 Å². The minimum absolute atomic E-state index is 0.308. The lowest BCUT2D eigenvalue weighted by Gasteiger charge is -2.16. The molecule has 0 heterocycles. The second-order valence-corrected chi connectivity index (χ2v) is 5.65. The van der Waals surface area contributed by atoms with Gasteiger partial charge in [0.1, 0.15) is 0 Å². The predicted molar refractivity (Wildman–Crippen MR) is 90.3 cm³/mol. The third-order valence-corrected chi connectivity index (χ3v) is 3.66. The molecule has 0 N–H and O–H groups in total. The van der Waals surface area contributed by atoms with E-state index in [1.54, 1.807) is 0 Å². The molecule has 0 bridgehead atoms. The molecular formula is C17H29ClO5. The van der Waals surface area contributed by atoms with Crippen molar-refractivity contribution in [1.29, 1.82) is 0 Å². The maximum atomic E-state index is 11.6. The normalized spacial score (nSPS) is 13.7. The van der Waals surface area contributed by atoms with Crippen LogP contribution in [0, 0.1) is 0 Å². The van der Waals surface area contributed by atoms with E-state index in [-0.39, 0.29) is 0 Å². The van der Waals surface area contributed by atoms with Gasteiger partial charge in [0.05, 0.1) is 14.2 Å². The average Bonchev–Trinajstić information content (AvgIpc) is 2.57. The van der Waals surface area contributed by atoms with Crippen LogP contribution in [0.5, 0.6) is 0 Å². The van der Waals surface area contributed by atoms with Crippen molar-refractivity contribution in [3.05, 3.63) is 12.2 Å². The SMILES string of the molecule is CCCCCCCC/C=C/CC(OC(Cl)C(=O)OC)C(=O)OC. The van der Waals surface area contributed by atoms with Crippen LogP contribution < -0.4 is 0 Å². The highest BCUT2D eigenvalue weighted by molar-refractivity contribution is 6.28. The monoisotopic (exact) mass is 348 g/mol. The van der Waals surface area contributed by atoms with Crippen LogP contribution in [-0.2, 0) is 23.8 Å². The summed E-state index contributed by atoms with van der Waals surface area (Å²) in [6.45, 7) is 2.20. The minimum atomic E-state index is -1.32. The first-order valence-corrected chi connectivity index (χ1v) is 8.60. The largest absolute Gasteiger partial charge is 0.467 e. The van der Waals surface area contributed by atoms with Gasteiger partial charge in [-0.05, 0) is 12.8 Å². The highest BCUT2D eigenvalue weighted by Gasteiger charge is 2.26. The van der Waals surface area contributed by atoms with E-state index < -0.39 is 23.6 Å². The summed E-state index contributed by atoms with van der Waals surface area (Å²) in [5, 5.41) is 0. The van der Waals surface area contributed by atoms with Crippen LogP contribution in [0.3, 0.4) is 0 Å².